The summed E-state index contributed by atoms with van der Waals surface area (Å²) in [5.41, 5.74) is 11.5. The van der Waals surface area contributed by atoms with Crippen molar-refractivity contribution in [3.8, 4) is 0 Å². The standard InChI is InChI=1S/C11H19N5O3/c1-8-9(7-15-16(8)5-2-3-12)10(17)14-4-6-19-11(13)18/h7H,2-6,12H2,1H3,(H2,13,18)(H,14,17). The lowest BCUT2D eigenvalue weighted by atomic mass is 10.2. The van der Waals surface area contributed by atoms with Crippen LogP contribution in [-0.2, 0) is 11.3 Å². The Balaban J connectivity index is 2.48. The van der Waals surface area contributed by atoms with Crippen LogP contribution in [0.15, 0.2) is 6.20 Å². The SMILES string of the molecule is Cc1c(C(=O)NCCOC(N)=O)cnn1CCCN. The van der Waals surface area contributed by atoms with Crippen molar-refractivity contribution in [3.63, 3.8) is 0 Å². The fourth-order valence-corrected chi connectivity index (χ4v) is 1.55. The van der Waals surface area contributed by atoms with Crippen molar-refractivity contribution < 1.29 is 14.3 Å². The van der Waals surface area contributed by atoms with E-state index in [1.54, 1.807) is 4.68 Å². The fraction of sp³-hybridized carbons (Fsp3) is 0.545. The molecule has 1 rings (SSSR count). The minimum atomic E-state index is -0.861. The minimum Gasteiger partial charge on any atom is -0.448 e. The first kappa shape index (κ1) is 15.0. The fourth-order valence-electron chi connectivity index (χ4n) is 1.55. The van der Waals surface area contributed by atoms with Gasteiger partial charge in [0.05, 0.1) is 18.3 Å². The van der Waals surface area contributed by atoms with Crippen molar-refractivity contribution in [1.29, 1.82) is 0 Å². The average molecular weight is 269 g/mol. The molecule has 5 N–H and O–H groups in total. The summed E-state index contributed by atoms with van der Waals surface area (Å²) < 4.78 is 6.24. The molecule has 8 nitrogen and oxygen atoms in total. The Bertz CT molecular complexity index is 444. The molecule has 0 saturated carbocycles. The Morgan fingerprint density at radius 2 is 2.26 bits per heavy atom. The zero-order valence-electron chi connectivity index (χ0n) is 10.9. The largest absolute Gasteiger partial charge is 0.448 e. The number of nitrogens with zero attached hydrogens (tertiary/aromatic N) is 2. The number of aromatic nitrogens is 2. The molecule has 1 aromatic rings. The Morgan fingerprint density at radius 3 is 2.89 bits per heavy atom. The predicted molar refractivity (Wildman–Crippen MR) is 68.5 cm³/mol. The van der Waals surface area contributed by atoms with E-state index in [1.165, 1.54) is 6.20 Å². The molecule has 1 aromatic heterocycles. The maximum absolute atomic E-state index is 11.8. The predicted octanol–water partition coefficient (Wildman–Crippen LogP) is -0.635. The minimum absolute atomic E-state index is 0.0431. The molecule has 2 amide bonds. The maximum Gasteiger partial charge on any atom is 0.404 e. The number of nitrogens with one attached hydrogen (secondary N) is 1. The van der Waals surface area contributed by atoms with E-state index in [-0.39, 0.29) is 19.1 Å². The van der Waals surface area contributed by atoms with Crippen LogP contribution in [0, 0.1) is 6.92 Å². The molecular weight excluding hydrogens is 250 g/mol. The molecular formula is C11H19N5O3. The molecule has 0 unspecified atom stereocenters. The number of hydrogen-bond acceptors (Lipinski definition) is 5. The first-order valence-electron chi connectivity index (χ1n) is 5.99. The van der Waals surface area contributed by atoms with E-state index in [9.17, 15) is 9.59 Å². The van der Waals surface area contributed by atoms with Crippen molar-refractivity contribution in [2.45, 2.75) is 19.9 Å². The van der Waals surface area contributed by atoms with Gasteiger partial charge >= 0.3 is 6.09 Å². The number of aryl methyl sites for hydroxylation is 1. The van der Waals surface area contributed by atoms with Crippen molar-refractivity contribution in [2.75, 3.05) is 19.7 Å². The van der Waals surface area contributed by atoms with Crippen LogP contribution in [0.4, 0.5) is 4.79 Å². The van der Waals surface area contributed by atoms with Crippen LogP contribution < -0.4 is 16.8 Å². The third kappa shape index (κ3) is 4.59. The topological polar surface area (TPSA) is 125 Å². The third-order valence-electron chi connectivity index (χ3n) is 2.55. The molecule has 0 radical (unpaired) electrons. The van der Waals surface area contributed by atoms with E-state index in [4.69, 9.17) is 11.5 Å². The zero-order chi connectivity index (χ0) is 14.3. The van der Waals surface area contributed by atoms with Crippen molar-refractivity contribution in [3.05, 3.63) is 17.5 Å². The van der Waals surface area contributed by atoms with E-state index < -0.39 is 6.09 Å². The first-order chi connectivity index (χ1) is 9.06. The van der Waals surface area contributed by atoms with Gasteiger partial charge in [0.15, 0.2) is 0 Å². The quantitative estimate of drug-likeness (QED) is 0.568. The van der Waals surface area contributed by atoms with Gasteiger partial charge in [-0.25, -0.2) is 4.79 Å². The summed E-state index contributed by atoms with van der Waals surface area (Å²) in [5, 5.41) is 6.74. The molecule has 0 fully saturated rings. The monoisotopic (exact) mass is 269 g/mol. The van der Waals surface area contributed by atoms with Gasteiger partial charge in [-0.15, -0.1) is 0 Å². The van der Waals surface area contributed by atoms with Crippen LogP contribution in [0.2, 0.25) is 0 Å². The molecule has 106 valence electrons. The number of carbonyl (C=O) groups is 2. The Hall–Kier alpha value is -2.09. The number of primary amides is 1. The number of amides is 2. The van der Waals surface area contributed by atoms with Crippen LogP contribution in [0.25, 0.3) is 0 Å². The van der Waals surface area contributed by atoms with Gasteiger partial charge in [0.2, 0.25) is 0 Å². The second kappa shape index (κ2) is 7.37. The summed E-state index contributed by atoms with van der Waals surface area (Å²) in [4.78, 5) is 22.2. The summed E-state index contributed by atoms with van der Waals surface area (Å²) in [5.74, 6) is -0.260. The summed E-state index contributed by atoms with van der Waals surface area (Å²) in [6.45, 7) is 3.32. The van der Waals surface area contributed by atoms with Gasteiger partial charge < -0.3 is 21.5 Å². The van der Waals surface area contributed by atoms with Gasteiger partial charge in [0.25, 0.3) is 5.91 Å². The molecule has 0 aliphatic carbocycles. The number of rotatable bonds is 7. The molecule has 19 heavy (non-hydrogen) atoms. The van der Waals surface area contributed by atoms with Crippen LogP contribution in [0.3, 0.4) is 0 Å². The lowest BCUT2D eigenvalue weighted by Gasteiger charge is -2.06. The number of ether oxygens (including phenoxy) is 1. The molecule has 0 spiro atoms. The van der Waals surface area contributed by atoms with Crippen LogP contribution in [-0.4, -0.2) is 41.5 Å². The van der Waals surface area contributed by atoms with Crippen LogP contribution >= 0.6 is 0 Å². The smallest absolute Gasteiger partial charge is 0.404 e. The highest BCUT2D eigenvalue weighted by Gasteiger charge is 2.13. The van der Waals surface area contributed by atoms with Gasteiger partial charge in [0, 0.05) is 12.2 Å². The molecule has 0 atom stereocenters. The number of hydrogen-bond donors (Lipinski definition) is 3. The van der Waals surface area contributed by atoms with E-state index in [0.717, 1.165) is 12.1 Å². The van der Waals surface area contributed by atoms with Crippen LogP contribution in [0.5, 0.6) is 0 Å². The lowest BCUT2D eigenvalue weighted by Crippen LogP contribution is -2.29. The van der Waals surface area contributed by atoms with Gasteiger partial charge in [-0.2, -0.15) is 5.10 Å². The number of nitrogens with two attached hydrogens (primary N) is 2. The lowest BCUT2D eigenvalue weighted by molar-refractivity contribution is 0.0936. The second-order valence-corrected chi connectivity index (χ2v) is 3.93. The normalized spacial score (nSPS) is 10.2. The van der Waals surface area contributed by atoms with Crippen molar-refractivity contribution >= 4 is 12.0 Å². The zero-order valence-corrected chi connectivity index (χ0v) is 10.9. The van der Waals surface area contributed by atoms with Crippen molar-refractivity contribution in [1.82, 2.24) is 15.1 Å². The average Bonchev–Trinajstić information content (AvgIpc) is 2.73. The van der Waals surface area contributed by atoms with Gasteiger partial charge in [-0.3, -0.25) is 9.48 Å². The summed E-state index contributed by atoms with van der Waals surface area (Å²) in [6, 6.07) is 0. The molecule has 0 aliphatic rings. The molecule has 8 heteroatoms. The number of carbonyl (C=O) groups excluding carboxylic acids is 2. The summed E-state index contributed by atoms with van der Waals surface area (Å²) >= 11 is 0. The highest BCUT2D eigenvalue weighted by Crippen LogP contribution is 2.07. The summed E-state index contributed by atoms with van der Waals surface area (Å²) in [6.07, 6.45) is 1.45. The molecule has 0 aromatic carbocycles. The molecule has 0 saturated heterocycles. The Labute approximate surface area is 111 Å². The van der Waals surface area contributed by atoms with E-state index in [0.29, 0.717) is 18.7 Å². The van der Waals surface area contributed by atoms with E-state index in [1.807, 2.05) is 6.92 Å². The Kier molecular flexibility index (Phi) is 5.80. The van der Waals surface area contributed by atoms with Gasteiger partial charge in [-0.05, 0) is 19.9 Å². The van der Waals surface area contributed by atoms with Crippen molar-refractivity contribution in [2.24, 2.45) is 11.5 Å². The third-order valence-corrected chi connectivity index (χ3v) is 2.55. The Morgan fingerprint density at radius 1 is 1.53 bits per heavy atom. The first-order valence-corrected chi connectivity index (χ1v) is 5.99. The highest BCUT2D eigenvalue weighted by atomic mass is 16.5. The highest BCUT2D eigenvalue weighted by molar-refractivity contribution is 5.95. The second-order valence-electron chi connectivity index (χ2n) is 3.93. The van der Waals surface area contributed by atoms with E-state index in [2.05, 4.69) is 15.2 Å². The van der Waals surface area contributed by atoms with Crippen LogP contribution in [0.1, 0.15) is 22.5 Å². The molecule has 0 aliphatic heterocycles. The van der Waals surface area contributed by atoms with E-state index >= 15 is 0 Å². The van der Waals surface area contributed by atoms with Gasteiger partial charge in [-0.1, -0.05) is 0 Å². The molecule has 0 bridgehead atoms. The molecule has 1 heterocycles. The maximum atomic E-state index is 11.8. The van der Waals surface area contributed by atoms with Gasteiger partial charge in [0.1, 0.15) is 6.61 Å². The summed E-state index contributed by atoms with van der Waals surface area (Å²) in [7, 11) is 0.